The average Bonchev–Trinajstić information content (AvgIpc) is 2.56. The van der Waals surface area contributed by atoms with Crippen molar-refractivity contribution in [1.82, 2.24) is 5.32 Å². The Hall–Kier alpha value is -2.41. The quantitative estimate of drug-likeness (QED) is 0.546. The van der Waals surface area contributed by atoms with E-state index in [1.807, 2.05) is 23.9 Å². The van der Waals surface area contributed by atoms with E-state index in [0.29, 0.717) is 0 Å². The molecule has 0 saturated heterocycles. The molecule has 2 atom stereocenters. The predicted molar refractivity (Wildman–Crippen MR) is 80.2 cm³/mol. The van der Waals surface area contributed by atoms with Gasteiger partial charge in [0.15, 0.2) is 0 Å². The largest absolute Gasteiger partial charge is 0.459 e. The monoisotopic (exact) mass is 308 g/mol. The Balaban J connectivity index is 2.63. The van der Waals surface area contributed by atoms with Gasteiger partial charge >= 0.3 is 5.97 Å². The molecular weight excluding hydrogens is 286 g/mol. The van der Waals surface area contributed by atoms with E-state index in [1.54, 1.807) is 12.1 Å². The fourth-order valence-corrected chi connectivity index (χ4v) is 1.66. The van der Waals surface area contributed by atoms with Crippen LogP contribution in [0.15, 0.2) is 30.3 Å². The highest BCUT2D eigenvalue weighted by Crippen LogP contribution is 2.05. The maximum atomic E-state index is 12.1. The number of carbonyl (C=O) groups is 3. The van der Waals surface area contributed by atoms with E-state index in [9.17, 15) is 14.4 Å². The summed E-state index contributed by atoms with van der Waals surface area (Å²) in [6.45, 7) is 1.54. The van der Waals surface area contributed by atoms with Crippen LogP contribution in [0.4, 0.5) is 0 Å². The predicted octanol–water partition coefficient (Wildman–Crippen LogP) is -0.173. The normalized spacial score (nSPS) is 13.6. The van der Waals surface area contributed by atoms with Crippen molar-refractivity contribution in [1.29, 1.82) is 0 Å². The van der Waals surface area contributed by atoms with E-state index in [4.69, 9.17) is 11.9 Å². The Morgan fingerprint density at radius 3 is 2.59 bits per heavy atom. The zero-order valence-electron chi connectivity index (χ0n) is 13.4. The highest BCUT2D eigenvalue weighted by Gasteiger charge is 2.24. The second kappa shape index (κ2) is 8.78. The summed E-state index contributed by atoms with van der Waals surface area (Å²) in [6, 6.07) is 7.29. The fourth-order valence-electron chi connectivity index (χ4n) is 1.66. The highest BCUT2D eigenvalue weighted by atomic mass is 16.5. The van der Waals surface area contributed by atoms with E-state index in [2.05, 4.69) is 5.32 Å². The molecule has 5 N–H and O–H groups in total. The van der Waals surface area contributed by atoms with Crippen LogP contribution in [-0.4, -0.2) is 29.9 Å². The van der Waals surface area contributed by atoms with Crippen LogP contribution >= 0.6 is 0 Å². The molecule has 2 amide bonds. The van der Waals surface area contributed by atoms with Crippen LogP contribution in [0.25, 0.3) is 0 Å². The summed E-state index contributed by atoms with van der Waals surface area (Å²) in [5, 5.41) is 2.46. The topological polar surface area (TPSA) is 125 Å². The molecule has 0 aliphatic heterocycles. The van der Waals surface area contributed by atoms with Gasteiger partial charge < -0.3 is 21.5 Å². The van der Waals surface area contributed by atoms with Crippen molar-refractivity contribution in [2.24, 2.45) is 11.5 Å². The van der Waals surface area contributed by atoms with Crippen molar-refractivity contribution in [2.45, 2.75) is 38.5 Å². The molecule has 7 heteroatoms. The number of carbonyl (C=O) groups excluding carboxylic acids is 3. The second-order valence-electron chi connectivity index (χ2n) is 4.88. The molecule has 0 bridgehead atoms. The third-order valence-electron chi connectivity index (χ3n) is 2.90. The summed E-state index contributed by atoms with van der Waals surface area (Å²) in [4.78, 5) is 34.8. The molecule has 0 fully saturated rings. The van der Waals surface area contributed by atoms with Gasteiger partial charge in [-0.3, -0.25) is 9.59 Å². The zero-order valence-corrected chi connectivity index (χ0v) is 12.4. The molecule has 1 aromatic carbocycles. The Kier molecular flexibility index (Phi) is 6.38. The van der Waals surface area contributed by atoms with Gasteiger partial charge in [-0.25, -0.2) is 4.79 Å². The maximum absolute atomic E-state index is 12.1. The van der Waals surface area contributed by atoms with Crippen LogP contribution in [0.2, 0.25) is 1.41 Å². The standard InChI is InChI=1S/C15H21N3O4/c1-10(16)14(20)18-12(7-8-13(17)19)15(21)22-9-11-5-3-2-4-6-11/h2-6,10,12H,7-9,16H2,1H3,(H2,17,19)(H,18,20)/t10-,12-/m0/s1/i/hD. The van der Waals surface area contributed by atoms with Gasteiger partial charge in [-0.15, -0.1) is 0 Å². The first kappa shape index (κ1) is 16.0. The first-order valence-electron chi connectivity index (χ1n) is 7.40. The third kappa shape index (κ3) is 6.36. The molecule has 0 aromatic heterocycles. The molecule has 7 nitrogen and oxygen atoms in total. The van der Waals surface area contributed by atoms with E-state index in [0.717, 1.165) is 5.56 Å². The minimum absolute atomic E-state index is 0.0411. The molecule has 0 radical (unpaired) electrons. The lowest BCUT2D eigenvalue weighted by Gasteiger charge is -2.18. The van der Waals surface area contributed by atoms with E-state index < -0.39 is 29.9 Å². The molecule has 1 aromatic rings. The summed E-state index contributed by atoms with van der Waals surface area (Å²) >= 11 is 0. The molecule has 0 spiro atoms. The maximum Gasteiger partial charge on any atom is 0.328 e. The molecule has 120 valence electrons. The van der Waals surface area contributed by atoms with Crippen LogP contribution in [-0.2, 0) is 25.7 Å². The second-order valence-corrected chi connectivity index (χ2v) is 4.88. The lowest BCUT2D eigenvalue weighted by atomic mass is 10.1. The minimum atomic E-state index is -0.991. The van der Waals surface area contributed by atoms with Crippen molar-refractivity contribution in [3.05, 3.63) is 35.9 Å². The van der Waals surface area contributed by atoms with Gasteiger partial charge in [-0.2, -0.15) is 0 Å². The number of esters is 1. The number of amides is 2. The van der Waals surface area contributed by atoms with Crippen molar-refractivity contribution in [3.63, 3.8) is 0 Å². The van der Waals surface area contributed by atoms with Crippen molar-refractivity contribution < 1.29 is 20.5 Å². The van der Waals surface area contributed by atoms with Crippen LogP contribution in [0.1, 0.15) is 25.3 Å². The Bertz CT molecular complexity index is 539. The smallest absolute Gasteiger partial charge is 0.328 e. The van der Waals surface area contributed by atoms with Gasteiger partial charge in [0, 0.05) is 6.42 Å². The molecule has 0 heterocycles. The number of ether oxygens (including phenoxy) is 1. The number of nitrogens with two attached hydrogens (primary N) is 2. The zero-order chi connectivity index (χ0) is 17.2. The Morgan fingerprint density at radius 2 is 2.00 bits per heavy atom. The summed E-state index contributed by atoms with van der Waals surface area (Å²) in [6.07, 6.45) is -0.0204. The lowest BCUT2D eigenvalue weighted by Crippen LogP contribution is -2.48. The van der Waals surface area contributed by atoms with E-state index in [1.165, 1.54) is 6.92 Å². The molecule has 22 heavy (non-hydrogen) atoms. The first-order valence-corrected chi connectivity index (χ1v) is 6.90. The first-order chi connectivity index (χ1) is 10.9. The molecule has 0 aliphatic carbocycles. The van der Waals surface area contributed by atoms with Gasteiger partial charge in [0.25, 0.3) is 0 Å². The number of nitrogens with one attached hydrogen (secondary N) is 1. The number of benzene rings is 1. The van der Waals surface area contributed by atoms with Gasteiger partial charge in [0.05, 0.1) is 6.04 Å². The third-order valence-corrected chi connectivity index (χ3v) is 2.90. The molecular formula is C15H21N3O4. The number of rotatable bonds is 9. The van der Waals surface area contributed by atoms with Gasteiger partial charge in [0.2, 0.25) is 11.8 Å². The number of primary amides is 1. The summed E-state index contributed by atoms with van der Waals surface area (Å²) < 4.78 is 12.1. The highest BCUT2D eigenvalue weighted by molar-refractivity contribution is 5.87. The fraction of sp³-hybridized carbons (Fsp3) is 0.400. The average molecular weight is 308 g/mol. The lowest BCUT2D eigenvalue weighted by molar-refractivity contribution is -0.149. The summed E-state index contributed by atoms with van der Waals surface area (Å²) in [7, 11) is 0. The Labute approximate surface area is 130 Å². The molecule has 1 rings (SSSR count). The van der Waals surface area contributed by atoms with Crippen molar-refractivity contribution in [3.8, 4) is 0 Å². The number of hydrogen-bond donors (Lipinski definition) is 3. The molecule has 0 unspecified atom stereocenters. The van der Waals surface area contributed by atoms with E-state index in [-0.39, 0.29) is 19.4 Å². The number of hydrogen-bond acceptors (Lipinski definition) is 5. The van der Waals surface area contributed by atoms with Crippen LogP contribution in [0.5, 0.6) is 0 Å². The van der Waals surface area contributed by atoms with Crippen LogP contribution < -0.4 is 16.8 Å². The van der Waals surface area contributed by atoms with E-state index >= 15 is 0 Å². The van der Waals surface area contributed by atoms with Gasteiger partial charge in [-0.05, 0) is 18.9 Å². The van der Waals surface area contributed by atoms with Gasteiger partial charge in [-0.1, -0.05) is 30.3 Å². The minimum Gasteiger partial charge on any atom is -0.459 e. The van der Waals surface area contributed by atoms with Gasteiger partial charge in [0.1, 0.15) is 14.1 Å². The van der Waals surface area contributed by atoms with Crippen LogP contribution in [0.3, 0.4) is 0 Å². The summed E-state index contributed by atoms with van der Waals surface area (Å²) in [5.41, 5.74) is 7.91. The van der Waals surface area contributed by atoms with Crippen LogP contribution in [0, 0.1) is 0 Å². The summed E-state index contributed by atoms with van der Waals surface area (Å²) in [5.74, 6) is -1.77. The van der Waals surface area contributed by atoms with Crippen molar-refractivity contribution >= 4 is 17.8 Å². The SMILES string of the molecule is [2H]N[C@@H](C)C(=O)N[C@@H](CCC(N)=O)C(=O)OCc1ccccc1. The van der Waals surface area contributed by atoms with Crippen molar-refractivity contribution in [2.75, 3.05) is 0 Å². The molecule has 0 saturated carbocycles. The molecule has 0 aliphatic rings. The Morgan fingerprint density at radius 1 is 1.32 bits per heavy atom.